The Morgan fingerprint density at radius 1 is 0.409 bits per heavy atom. The van der Waals surface area contributed by atoms with Crippen LogP contribution in [-0.4, -0.2) is 112 Å². The van der Waals surface area contributed by atoms with Crippen molar-refractivity contribution < 1.29 is 115 Å². The summed E-state index contributed by atoms with van der Waals surface area (Å²) in [5.41, 5.74) is -10.9. The average molecular weight is 812 g/mol. The third kappa shape index (κ3) is 13.2. The van der Waals surface area contributed by atoms with Gasteiger partial charge in [-0.25, -0.2) is 0 Å². The van der Waals surface area contributed by atoms with Crippen molar-refractivity contribution in [3.8, 4) is 0 Å². The molecule has 0 aliphatic carbocycles. The molecule has 266 valence electrons. The van der Waals surface area contributed by atoms with Crippen LogP contribution in [-0.2, 0) is 36.5 Å². The van der Waals surface area contributed by atoms with Crippen molar-refractivity contribution >= 4 is 60.8 Å². The molecule has 26 nitrogen and oxygen atoms in total. The van der Waals surface area contributed by atoms with E-state index in [1.807, 2.05) is 0 Å². The molecule has 0 fully saturated rings. The van der Waals surface area contributed by atoms with Gasteiger partial charge in [-0.3, -0.25) is 47.2 Å². The van der Waals surface area contributed by atoms with Crippen molar-refractivity contribution in [3.63, 3.8) is 0 Å². The summed E-state index contributed by atoms with van der Waals surface area (Å²) in [6.45, 7) is -0.754. The molecule has 0 aliphatic heterocycles. The quantitative estimate of drug-likeness (QED) is 0.0459. The van der Waals surface area contributed by atoms with E-state index in [4.69, 9.17) is 19.6 Å². The molecular formula is C10H32N2O24P8. The van der Waals surface area contributed by atoms with Crippen LogP contribution in [0, 0.1) is 0 Å². The van der Waals surface area contributed by atoms with Gasteiger partial charge in [0.25, 0.3) is 0 Å². The van der Waals surface area contributed by atoms with Crippen LogP contribution in [0.1, 0.15) is 25.7 Å². The van der Waals surface area contributed by atoms with Gasteiger partial charge in [-0.05, 0) is 19.4 Å². The van der Waals surface area contributed by atoms with Gasteiger partial charge in [-0.1, -0.05) is 12.8 Å². The lowest BCUT2D eigenvalue weighted by Gasteiger charge is -2.48. The minimum Gasteiger partial charge on any atom is -0.324 e. The van der Waals surface area contributed by atoms with Crippen LogP contribution in [0.4, 0.5) is 0 Å². The Labute approximate surface area is 246 Å². The van der Waals surface area contributed by atoms with E-state index in [0.717, 1.165) is 5.32 Å². The number of rotatable bonds is 19. The summed E-state index contributed by atoms with van der Waals surface area (Å²) in [5.74, 6) is 0. The Bertz CT molecular complexity index is 1250. The van der Waals surface area contributed by atoms with E-state index in [0.29, 0.717) is 0 Å². The highest BCUT2D eigenvalue weighted by molar-refractivity contribution is 7.73. The van der Waals surface area contributed by atoms with Crippen LogP contribution in [0.2, 0.25) is 0 Å². The molecule has 44 heavy (non-hydrogen) atoms. The molecule has 0 bridgehead atoms. The van der Waals surface area contributed by atoms with E-state index in [1.54, 1.807) is 5.32 Å². The molecule has 0 radical (unpaired) electrons. The normalized spacial score (nSPS) is 15.6. The second-order valence-electron chi connectivity index (χ2n) is 9.16. The van der Waals surface area contributed by atoms with Gasteiger partial charge in [0.1, 0.15) is 0 Å². The summed E-state index contributed by atoms with van der Waals surface area (Å²) in [6.07, 6.45) is -3.97. The minimum atomic E-state index is -6.69. The maximum Gasteiger partial charge on any atom is 0.354 e. The van der Waals surface area contributed by atoms with Crippen molar-refractivity contribution in [2.75, 3.05) is 6.54 Å². The van der Waals surface area contributed by atoms with Crippen LogP contribution < -0.4 is 10.6 Å². The third-order valence-corrected chi connectivity index (χ3v) is 20.2. The molecule has 18 N–H and O–H groups in total. The maximum atomic E-state index is 12.4. The van der Waals surface area contributed by atoms with Crippen molar-refractivity contribution in [3.05, 3.63) is 0 Å². The predicted molar refractivity (Wildman–Crippen MR) is 144 cm³/mol. The molecule has 0 aromatic carbocycles. The van der Waals surface area contributed by atoms with E-state index in [-0.39, 0.29) is 0 Å². The zero-order valence-electron chi connectivity index (χ0n) is 21.3. The largest absolute Gasteiger partial charge is 0.354 e. The van der Waals surface area contributed by atoms with E-state index >= 15 is 0 Å². The molecular weight excluding hydrogens is 780 g/mol. The standard InChI is InChI=1S/C10H32N2O24P8/c13-37(14,15)6(38(16,17)18)10(7(39(19,20)21)40(22,23)24,12-9(43(31,32)33)44(34,35)36)4-2-1-3-5-11-8(41(25,26)27)42(28,29)30/h6-9,11-12H,1-5H2,(H2,13,14,15)(H2,16,17,18)(H2,19,20,21)(H2,22,23,24)(H2,25,26,27)(H2,28,29,30)(H2,31,32,33)(H2,34,35,36). The molecule has 0 atom stereocenters. The van der Waals surface area contributed by atoms with Gasteiger partial charge in [0.2, 0.25) is 11.0 Å². The maximum absolute atomic E-state index is 12.4. The lowest BCUT2D eigenvalue weighted by atomic mass is 9.95. The first-order valence-electron chi connectivity index (χ1n) is 10.8. The molecule has 0 spiro atoms. The van der Waals surface area contributed by atoms with E-state index in [2.05, 4.69) is 0 Å². The lowest BCUT2D eigenvalue weighted by molar-refractivity contribution is 0.216. The van der Waals surface area contributed by atoms with Crippen LogP contribution in [0.25, 0.3) is 0 Å². The summed E-state index contributed by atoms with van der Waals surface area (Å²) in [5, 5.41) is -5.37. The molecule has 0 aromatic heterocycles. The Hall–Kier alpha value is 1.12. The second kappa shape index (κ2) is 14.9. The highest BCUT2D eigenvalue weighted by Crippen LogP contribution is 2.74. The topological polar surface area (TPSA) is 484 Å². The van der Waals surface area contributed by atoms with E-state index in [1.165, 1.54) is 0 Å². The number of unbranched alkanes of at least 4 members (excludes halogenated alkanes) is 2. The van der Waals surface area contributed by atoms with Gasteiger partial charge in [0, 0.05) is 0 Å². The van der Waals surface area contributed by atoms with Crippen LogP contribution in [0.15, 0.2) is 0 Å². The van der Waals surface area contributed by atoms with Gasteiger partial charge in [-0.2, -0.15) is 0 Å². The minimum absolute atomic E-state index is 0.542. The van der Waals surface area contributed by atoms with Gasteiger partial charge < -0.3 is 78.3 Å². The summed E-state index contributed by atoms with van der Waals surface area (Å²) >= 11 is 0. The summed E-state index contributed by atoms with van der Waals surface area (Å²) in [6, 6.07) is 0. The van der Waals surface area contributed by atoms with Crippen LogP contribution in [0.3, 0.4) is 0 Å². The summed E-state index contributed by atoms with van der Waals surface area (Å²) in [4.78, 5) is 153. The number of hydrogen-bond donors (Lipinski definition) is 18. The zero-order chi connectivity index (χ0) is 35.8. The van der Waals surface area contributed by atoms with Crippen molar-refractivity contribution in [1.29, 1.82) is 0 Å². The molecule has 0 saturated carbocycles. The van der Waals surface area contributed by atoms with Gasteiger partial charge in [-0.15, -0.1) is 0 Å². The van der Waals surface area contributed by atoms with Gasteiger partial charge in [0.05, 0.1) is 5.54 Å². The molecule has 0 rings (SSSR count). The van der Waals surface area contributed by atoms with Crippen LogP contribution in [0.5, 0.6) is 0 Å². The van der Waals surface area contributed by atoms with E-state index in [9.17, 15) is 95.2 Å². The first-order valence-corrected chi connectivity index (χ1v) is 24.3. The van der Waals surface area contributed by atoms with Crippen LogP contribution >= 0.6 is 60.8 Å². The van der Waals surface area contributed by atoms with Gasteiger partial charge >= 0.3 is 60.8 Å². The lowest BCUT2D eigenvalue weighted by Crippen LogP contribution is -2.63. The summed E-state index contributed by atoms with van der Waals surface area (Å²) in [7, 11) is -50.6. The molecule has 0 saturated heterocycles. The SMILES string of the molecule is O=P(O)(O)C(NCCCCCC(NC(P(=O)(O)O)P(=O)(O)O)(C(P(=O)(O)O)P(=O)(O)O)C(P(=O)(O)O)P(=O)(O)O)P(=O)(O)O. The highest BCUT2D eigenvalue weighted by atomic mass is 31.3. The molecule has 0 aromatic rings. The molecule has 0 aliphatic rings. The van der Waals surface area contributed by atoms with Crippen molar-refractivity contribution in [2.45, 2.75) is 53.1 Å². The van der Waals surface area contributed by atoms with E-state index < -0.39 is 120 Å². The average Bonchev–Trinajstić information content (AvgIpc) is 2.62. The second-order valence-corrected chi connectivity index (χ2v) is 24.3. The fraction of sp³-hybridized carbons (Fsp3) is 1.00. The van der Waals surface area contributed by atoms with Crippen molar-refractivity contribution in [2.24, 2.45) is 0 Å². The fourth-order valence-electron chi connectivity index (χ4n) is 4.19. The molecule has 34 heteroatoms. The smallest absolute Gasteiger partial charge is 0.324 e. The predicted octanol–water partition coefficient (Wildman–Crippen LogP) is -2.89. The molecule has 0 amide bonds. The number of hydrogen-bond acceptors (Lipinski definition) is 10. The monoisotopic (exact) mass is 812 g/mol. The Morgan fingerprint density at radius 3 is 0.955 bits per heavy atom. The Kier molecular flexibility index (Phi) is 15.3. The van der Waals surface area contributed by atoms with Crippen molar-refractivity contribution in [1.82, 2.24) is 10.6 Å². The third-order valence-electron chi connectivity index (χ3n) is 5.46. The Balaban J connectivity index is 7.32. The van der Waals surface area contributed by atoms with Gasteiger partial charge in [0.15, 0.2) is 10.8 Å². The summed E-state index contributed by atoms with van der Waals surface area (Å²) < 4.78 is 96.1. The fourth-order valence-corrected chi connectivity index (χ4v) is 16.3. The zero-order valence-corrected chi connectivity index (χ0v) is 28.5. The molecule has 0 heterocycles. The first-order chi connectivity index (χ1) is 18.9. The Morgan fingerprint density at radius 2 is 0.705 bits per heavy atom. The molecule has 0 unspecified atom stereocenters. The first kappa shape index (κ1) is 45.1. The number of nitrogens with one attached hydrogen (secondary N) is 2. The highest BCUT2D eigenvalue weighted by Gasteiger charge is 2.70.